The van der Waals surface area contributed by atoms with Gasteiger partial charge in [-0.25, -0.2) is 18.4 Å². The number of aromatic nitrogens is 3. The third kappa shape index (κ3) is 4.96. The summed E-state index contributed by atoms with van der Waals surface area (Å²) < 4.78 is 34.7. The van der Waals surface area contributed by atoms with Crippen molar-refractivity contribution >= 4 is 54.7 Å². The van der Waals surface area contributed by atoms with Gasteiger partial charge >= 0.3 is 0 Å². The molecule has 2 N–H and O–H groups in total. The molecule has 34 heavy (non-hydrogen) atoms. The average Bonchev–Trinajstić information content (AvgIpc) is 3.20. The van der Waals surface area contributed by atoms with Crippen LogP contribution in [0.15, 0.2) is 53.4 Å². The standard InChI is InChI=1S/C23H24N6O3S2/c1-15-13-22(29-9-11-32-12-10-29)27-23(24-15)26-17-3-5-18(6-4-17)28-34(30,31)19-7-8-20-21(14-19)33-16(2)25-20/h3-8,13-14,28H,9-12H2,1-2H3,(H,24,26,27). The van der Waals surface area contributed by atoms with Crippen molar-refractivity contribution < 1.29 is 13.2 Å². The summed E-state index contributed by atoms with van der Waals surface area (Å²) in [4.78, 5) is 15.9. The van der Waals surface area contributed by atoms with E-state index in [1.807, 2.05) is 19.9 Å². The second-order valence-electron chi connectivity index (χ2n) is 7.96. The smallest absolute Gasteiger partial charge is 0.261 e. The summed E-state index contributed by atoms with van der Waals surface area (Å²) >= 11 is 1.47. The first-order valence-corrected chi connectivity index (χ1v) is 13.1. The van der Waals surface area contributed by atoms with Crippen molar-refractivity contribution in [2.24, 2.45) is 0 Å². The summed E-state index contributed by atoms with van der Waals surface area (Å²) in [5.74, 6) is 1.35. The van der Waals surface area contributed by atoms with Crippen molar-refractivity contribution in [3.05, 3.63) is 59.2 Å². The maximum Gasteiger partial charge on any atom is 0.261 e. The molecule has 1 aliphatic heterocycles. The Morgan fingerprint density at radius 1 is 0.941 bits per heavy atom. The molecule has 176 valence electrons. The van der Waals surface area contributed by atoms with Crippen molar-refractivity contribution in [1.82, 2.24) is 15.0 Å². The van der Waals surface area contributed by atoms with Crippen molar-refractivity contribution in [1.29, 1.82) is 0 Å². The molecule has 0 unspecified atom stereocenters. The minimum absolute atomic E-state index is 0.203. The zero-order chi connectivity index (χ0) is 23.7. The fourth-order valence-electron chi connectivity index (χ4n) is 3.71. The Morgan fingerprint density at radius 3 is 2.44 bits per heavy atom. The summed E-state index contributed by atoms with van der Waals surface area (Å²) in [6, 6.07) is 13.9. The van der Waals surface area contributed by atoms with Crippen LogP contribution in [0.5, 0.6) is 0 Å². The van der Waals surface area contributed by atoms with Crippen LogP contribution in [0, 0.1) is 13.8 Å². The van der Waals surface area contributed by atoms with Gasteiger partial charge in [0.05, 0.1) is 33.3 Å². The van der Waals surface area contributed by atoms with Gasteiger partial charge in [-0.1, -0.05) is 0 Å². The molecular formula is C23H24N6O3S2. The van der Waals surface area contributed by atoms with Gasteiger partial charge < -0.3 is 15.0 Å². The maximum absolute atomic E-state index is 12.9. The summed E-state index contributed by atoms with van der Waals surface area (Å²) in [6.45, 7) is 6.78. The largest absolute Gasteiger partial charge is 0.378 e. The highest BCUT2D eigenvalue weighted by Crippen LogP contribution is 2.26. The molecule has 1 saturated heterocycles. The van der Waals surface area contributed by atoms with Crippen LogP contribution in [0.4, 0.5) is 23.1 Å². The van der Waals surface area contributed by atoms with E-state index in [0.29, 0.717) is 24.8 Å². The zero-order valence-electron chi connectivity index (χ0n) is 18.8. The minimum atomic E-state index is -3.72. The molecule has 0 spiro atoms. The van der Waals surface area contributed by atoms with Gasteiger partial charge in [-0.3, -0.25) is 4.72 Å². The van der Waals surface area contributed by atoms with Gasteiger partial charge in [-0.05, 0) is 56.3 Å². The number of ether oxygens (including phenoxy) is 1. The zero-order valence-corrected chi connectivity index (χ0v) is 20.4. The van der Waals surface area contributed by atoms with E-state index >= 15 is 0 Å². The van der Waals surface area contributed by atoms with Crippen LogP contribution in [-0.2, 0) is 14.8 Å². The number of hydrogen-bond donors (Lipinski definition) is 2. The summed E-state index contributed by atoms with van der Waals surface area (Å²) in [5.41, 5.74) is 2.87. The van der Waals surface area contributed by atoms with E-state index in [2.05, 4.69) is 29.9 Å². The number of anilines is 4. The molecule has 2 aromatic heterocycles. The first-order valence-electron chi connectivity index (χ1n) is 10.8. The minimum Gasteiger partial charge on any atom is -0.378 e. The molecule has 3 heterocycles. The second-order valence-corrected chi connectivity index (χ2v) is 10.9. The summed E-state index contributed by atoms with van der Waals surface area (Å²) in [5, 5.41) is 4.10. The lowest BCUT2D eigenvalue weighted by molar-refractivity contribution is 0.122. The number of nitrogens with one attached hydrogen (secondary N) is 2. The predicted molar refractivity (Wildman–Crippen MR) is 135 cm³/mol. The van der Waals surface area contributed by atoms with Crippen LogP contribution < -0.4 is 14.9 Å². The predicted octanol–water partition coefficient (Wildman–Crippen LogP) is 4.08. The summed E-state index contributed by atoms with van der Waals surface area (Å²) in [7, 11) is -3.72. The highest BCUT2D eigenvalue weighted by atomic mass is 32.2. The van der Waals surface area contributed by atoms with E-state index < -0.39 is 10.0 Å². The lowest BCUT2D eigenvalue weighted by atomic mass is 10.3. The number of rotatable bonds is 6. The Morgan fingerprint density at radius 2 is 1.68 bits per heavy atom. The number of aryl methyl sites for hydroxylation is 2. The van der Waals surface area contributed by atoms with Crippen LogP contribution >= 0.6 is 11.3 Å². The molecule has 0 bridgehead atoms. The van der Waals surface area contributed by atoms with Crippen molar-refractivity contribution in [3.8, 4) is 0 Å². The monoisotopic (exact) mass is 496 g/mol. The number of benzene rings is 2. The average molecular weight is 497 g/mol. The third-order valence-electron chi connectivity index (χ3n) is 5.35. The van der Waals surface area contributed by atoms with E-state index in [1.54, 1.807) is 42.5 Å². The lowest BCUT2D eigenvalue weighted by Gasteiger charge is -2.28. The van der Waals surface area contributed by atoms with E-state index in [4.69, 9.17) is 4.74 Å². The molecular weight excluding hydrogens is 472 g/mol. The number of morpholine rings is 1. The van der Waals surface area contributed by atoms with Crippen LogP contribution in [-0.4, -0.2) is 49.7 Å². The molecule has 0 saturated carbocycles. The molecule has 0 radical (unpaired) electrons. The third-order valence-corrected chi connectivity index (χ3v) is 7.66. The van der Waals surface area contributed by atoms with E-state index in [9.17, 15) is 8.42 Å². The van der Waals surface area contributed by atoms with Crippen LogP contribution in [0.25, 0.3) is 10.2 Å². The Balaban J connectivity index is 1.30. The highest BCUT2D eigenvalue weighted by molar-refractivity contribution is 7.92. The first kappa shape index (κ1) is 22.5. The quantitative estimate of drug-likeness (QED) is 0.411. The number of thiazole rings is 1. The maximum atomic E-state index is 12.9. The van der Waals surface area contributed by atoms with Gasteiger partial charge in [0.1, 0.15) is 5.82 Å². The van der Waals surface area contributed by atoms with Gasteiger partial charge in [0.15, 0.2) is 0 Å². The van der Waals surface area contributed by atoms with Gasteiger partial charge in [0, 0.05) is 36.2 Å². The lowest BCUT2D eigenvalue weighted by Crippen LogP contribution is -2.36. The fraction of sp³-hybridized carbons (Fsp3) is 0.261. The normalized spacial score (nSPS) is 14.4. The molecule has 0 aliphatic carbocycles. The van der Waals surface area contributed by atoms with E-state index in [-0.39, 0.29) is 4.90 Å². The highest BCUT2D eigenvalue weighted by Gasteiger charge is 2.17. The van der Waals surface area contributed by atoms with Crippen LogP contribution in [0.1, 0.15) is 10.7 Å². The molecule has 1 aliphatic rings. The van der Waals surface area contributed by atoms with Crippen LogP contribution in [0.3, 0.4) is 0 Å². The molecule has 9 nitrogen and oxygen atoms in total. The molecule has 0 atom stereocenters. The Hall–Kier alpha value is -3.28. The molecule has 2 aromatic carbocycles. The van der Waals surface area contributed by atoms with Gasteiger partial charge in [0.2, 0.25) is 5.95 Å². The van der Waals surface area contributed by atoms with Gasteiger partial charge in [-0.2, -0.15) is 4.98 Å². The Labute approximate surface area is 201 Å². The van der Waals surface area contributed by atoms with E-state index in [0.717, 1.165) is 45.5 Å². The van der Waals surface area contributed by atoms with Crippen molar-refractivity contribution in [2.45, 2.75) is 18.7 Å². The molecule has 1 fully saturated rings. The summed E-state index contributed by atoms with van der Waals surface area (Å²) in [6.07, 6.45) is 0. The number of fused-ring (bicyclic) bond motifs is 1. The number of nitrogens with zero attached hydrogens (tertiary/aromatic N) is 4. The first-order chi connectivity index (χ1) is 16.4. The molecule has 11 heteroatoms. The molecule has 5 rings (SSSR count). The molecule has 4 aromatic rings. The Kier molecular flexibility index (Phi) is 6.07. The Bertz CT molecular complexity index is 1430. The topological polar surface area (TPSA) is 109 Å². The van der Waals surface area contributed by atoms with Gasteiger partial charge in [-0.15, -0.1) is 11.3 Å². The van der Waals surface area contributed by atoms with Crippen molar-refractivity contribution in [3.63, 3.8) is 0 Å². The van der Waals surface area contributed by atoms with Crippen molar-refractivity contribution in [2.75, 3.05) is 41.2 Å². The second kappa shape index (κ2) is 9.16. The van der Waals surface area contributed by atoms with Gasteiger partial charge in [0.25, 0.3) is 10.0 Å². The van der Waals surface area contributed by atoms with E-state index in [1.165, 1.54) is 11.3 Å². The number of hydrogen-bond acceptors (Lipinski definition) is 9. The SMILES string of the molecule is Cc1cc(N2CCOCC2)nc(Nc2ccc(NS(=O)(=O)c3ccc4nc(C)sc4c3)cc2)n1. The fourth-order valence-corrected chi connectivity index (χ4v) is 5.74. The molecule has 0 amide bonds. The number of sulfonamides is 1. The van der Waals surface area contributed by atoms with Crippen LogP contribution in [0.2, 0.25) is 0 Å².